The summed E-state index contributed by atoms with van der Waals surface area (Å²) in [5.41, 5.74) is 3.65. The van der Waals surface area contributed by atoms with E-state index in [2.05, 4.69) is 15.8 Å². The van der Waals surface area contributed by atoms with Gasteiger partial charge in [-0.25, -0.2) is 18.7 Å². The number of ether oxygens (including phenoxy) is 1. The Balaban J connectivity index is 1.68. The molecule has 0 saturated carbocycles. The molecule has 212 valence electrons. The molecule has 3 heterocycles. The highest BCUT2D eigenvalue weighted by Crippen LogP contribution is 2.35. The Bertz CT molecular complexity index is 1250. The van der Waals surface area contributed by atoms with E-state index in [1.54, 1.807) is 30.1 Å². The molecular formula is C27H35ClF2N6O3. The normalized spacial score (nSPS) is 15.6. The van der Waals surface area contributed by atoms with Gasteiger partial charge >= 0.3 is 0 Å². The van der Waals surface area contributed by atoms with Gasteiger partial charge in [0.25, 0.3) is 6.43 Å². The van der Waals surface area contributed by atoms with E-state index < -0.39 is 12.5 Å². The number of alkyl halides is 2. The van der Waals surface area contributed by atoms with Crippen molar-refractivity contribution in [1.82, 2.24) is 25.3 Å². The average molecular weight is 565 g/mol. The minimum Gasteiger partial charge on any atom is -0.491 e. The van der Waals surface area contributed by atoms with E-state index >= 15 is 0 Å². The van der Waals surface area contributed by atoms with E-state index in [4.69, 9.17) is 30.8 Å². The van der Waals surface area contributed by atoms with E-state index in [-0.39, 0.29) is 19.2 Å². The minimum atomic E-state index is -2.34. The fraction of sp³-hybridized carbons (Fsp3) is 0.519. The van der Waals surface area contributed by atoms with Gasteiger partial charge in [-0.1, -0.05) is 16.8 Å². The van der Waals surface area contributed by atoms with E-state index in [0.29, 0.717) is 64.8 Å². The van der Waals surface area contributed by atoms with Gasteiger partial charge in [0.2, 0.25) is 0 Å². The van der Waals surface area contributed by atoms with Gasteiger partial charge in [-0.3, -0.25) is 4.90 Å². The topological polar surface area (TPSA) is 109 Å². The monoisotopic (exact) mass is 564 g/mol. The van der Waals surface area contributed by atoms with Crippen LogP contribution in [0.5, 0.6) is 5.75 Å². The summed E-state index contributed by atoms with van der Waals surface area (Å²) >= 11 is 6.43. The number of anilines is 1. The molecule has 1 fully saturated rings. The summed E-state index contributed by atoms with van der Waals surface area (Å²) in [6.45, 7) is 7.10. The summed E-state index contributed by atoms with van der Waals surface area (Å²) in [4.78, 5) is 11.5. The van der Waals surface area contributed by atoms with Gasteiger partial charge in [-0.2, -0.15) is 0 Å². The standard InChI is InChI=1S/C27H35ClF2N6O3/c1-15-25(24-16(2)35-39-17(24)3)33-27(18-9-19(28)11-22(10-18)38-14-21(37)12-31-4)34-26(15)32-20-5-7-36(8-6-20)13-23(29)30/h9-11,20-21,23,31,37H,5-8,12-14H2,1-4H3,(H,32,33,34). The molecule has 1 aliphatic heterocycles. The third kappa shape index (κ3) is 7.42. The van der Waals surface area contributed by atoms with E-state index in [9.17, 15) is 13.9 Å². The van der Waals surface area contributed by atoms with Crippen LogP contribution in [0.4, 0.5) is 14.6 Å². The van der Waals surface area contributed by atoms with Crippen molar-refractivity contribution in [2.24, 2.45) is 0 Å². The number of likely N-dealkylation sites (N-methyl/N-ethyl adjacent to an activating group) is 1. The number of aryl methyl sites for hydroxylation is 2. The van der Waals surface area contributed by atoms with Crippen LogP contribution in [0.2, 0.25) is 5.02 Å². The SMILES string of the molecule is CNCC(O)COc1cc(Cl)cc(-c2nc(NC3CCN(CC(F)F)CC3)c(C)c(-c3c(C)noc3C)n2)c1. The minimum absolute atomic E-state index is 0.0739. The molecule has 1 atom stereocenters. The Labute approximate surface area is 231 Å². The Morgan fingerprint density at radius 1 is 1.18 bits per heavy atom. The number of nitrogens with one attached hydrogen (secondary N) is 2. The predicted octanol–water partition coefficient (Wildman–Crippen LogP) is 4.48. The molecule has 12 heteroatoms. The molecule has 4 rings (SSSR count). The fourth-order valence-electron chi connectivity index (χ4n) is 4.76. The van der Waals surface area contributed by atoms with Crippen LogP contribution in [0.3, 0.4) is 0 Å². The Hall–Kier alpha value is -2.86. The number of benzene rings is 1. The lowest BCUT2D eigenvalue weighted by Crippen LogP contribution is -2.41. The molecule has 0 bridgehead atoms. The van der Waals surface area contributed by atoms with Crippen LogP contribution in [0.15, 0.2) is 22.7 Å². The molecule has 1 aliphatic rings. The molecule has 2 aromatic heterocycles. The first-order chi connectivity index (χ1) is 18.6. The average Bonchev–Trinajstić information content (AvgIpc) is 3.22. The molecule has 9 nitrogen and oxygen atoms in total. The molecule has 1 unspecified atom stereocenters. The summed E-state index contributed by atoms with van der Waals surface area (Å²) in [5.74, 6) is 2.20. The van der Waals surface area contributed by atoms with Crippen molar-refractivity contribution >= 4 is 17.4 Å². The van der Waals surface area contributed by atoms with Gasteiger partial charge in [0.1, 0.15) is 30.0 Å². The highest BCUT2D eigenvalue weighted by atomic mass is 35.5. The molecule has 0 amide bonds. The molecule has 0 spiro atoms. The number of rotatable bonds is 11. The van der Waals surface area contributed by atoms with Crippen molar-refractivity contribution in [3.63, 3.8) is 0 Å². The first-order valence-corrected chi connectivity index (χ1v) is 13.4. The second-order valence-electron chi connectivity index (χ2n) is 9.88. The second kappa shape index (κ2) is 13.0. The Morgan fingerprint density at radius 2 is 1.92 bits per heavy atom. The number of hydrogen-bond donors (Lipinski definition) is 3. The molecule has 39 heavy (non-hydrogen) atoms. The maximum atomic E-state index is 12.8. The Kier molecular flexibility index (Phi) is 9.71. The van der Waals surface area contributed by atoms with Gasteiger partial charge in [-0.15, -0.1) is 0 Å². The number of hydrogen-bond acceptors (Lipinski definition) is 9. The van der Waals surface area contributed by atoms with Crippen LogP contribution in [-0.4, -0.2) is 83.5 Å². The van der Waals surface area contributed by atoms with Gasteiger partial charge in [0, 0.05) is 41.8 Å². The zero-order valence-corrected chi connectivity index (χ0v) is 23.4. The van der Waals surface area contributed by atoms with Crippen LogP contribution in [0, 0.1) is 20.8 Å². The number of aliphatic hydroxyl groups is 1. The van der Waals surface area contributed by atoms with E-state index in [1.165, 1.54) is 0 Å². The summed E-state index contributed by atoms with van der Waals surface area (Å²) < 4.78 is 36.9. The van der Waals surface area contributed by atoms with Gasteiger partial charge < -0.3 is 25.0 Å². The highest BCUT2D eigenvalue weighted by molar-refractivity contribution is 6.31. The third-order valence-electron chi connectivity index (χ3n) is 6.75. The summed E-state index contributed by atoms with van der Waals surface area (Å²) in [7, 11) is 1.75. The van der Waals surface area contributed by atoms with E-state index in [0.717, 1.165) is 24.0 Å². The number of aromatic nitrogens is 3. The first-order valence-electron chi connectivity index (χ1n) is 13.0. The van der Waals surface area contributed by atoms with Crippen molar-refractivity contribution in [3.8, 4) is 28.4 Å². The van der Waals surface area contributed by atoms with Crippen LogP contribution >= 0.6 is 11.6 Å². The molecular weight excluding hydrogens is 530 g/mol. The lowest BCUT2D eigenvalue weighted by atomic mass is 10.0. The van der Waals surface area contributed by atoms with Crippen molar-refractivity contribution < 1.29 is 23.1 Å². The number of halogens is 3. The van der Waals surface area contributed by atoms with Gasteiger partial charge in [0.05, 0.1) is 23.5 Å². The Morgan fingerprint density at radius 3 is 2.56 bits per heavy atom. The molecule has 0 radical (unpaired) electrons. The van der Waals surface area contributed by atoms with Crippen molar-refractivity contribution in [2.75, 3.05) is 45.2 Å². The largest absolute Gasteiger partial charge is 0.491 e. The third-order valence-corrected chi connectivity index (χ3v) is 6.97. The zero-order chi connectivity index (χ0) is 28.1. The van der Waals surface area contributed by atoms with Crippen LogP contribution in [0.25, 0.3) is 22.6 Å². The van der Waals surface area contributed by atoms with Gasteiger partial charge in [0.15, 0.2) is 5.82 Å². The number of nitrogens with zero attached hydrogens (tertiary/aromatic N) is 4. The van der Waals surface area contributed by atoms with Gasteiger partial charge in [-0.05, 0) is 58.9 Å². The maximum absolute atomic E-state index is 12.8. The first kappa shape index (κ1) is 29.1. The predicted molar refractivity (Wildman–Crippen MR) is 147 cm³/mol. The summed E-state index contributed by atoms with van der Waals surface area (Å²) in [6, 6.07) is 5.29. The second-order valence-corrected chi connectivity index (χ2v) is 10.3. The lowest BCUT2D eigenvalue weighted by molar-refractivity contribution is 0.0769. The zero-order valence-electron chi connectivity index (χ0n) is 22.6. The maximum Gasteiger partial charge on any atom is 0.251 e. The summed E-state index contributed by atoms with van der Waals surface area (Å²) in [5, 5.41) is 21.0. The number of aliphatic hydroxyl groups excluding tert-OH is 1. The van der Waals surface area contributed by atoms with Crippen LogP contribution < -0.4 is 15.4 Å². The number of piperidine rings is 1. The smallest absolute Gasteiger partial charge is 0.251 e. The summed E-state index contributed by atoms with van der Waals surface area (Å²) in [6.07, 6.45) is -1.58. The van der Waals surface area contributed by atoms with Crippen LogP contribution in [0.1, 0.15) is 29.9 Å². The molecule has 3 aromatic rings. The molecule has 1 aromatic carbocycles. The van der Waals surface area contributed by atoms with Crippen molar-refractivity contribution in [1.29, 1.82) is 0 Å². The molecule has 0 aliphatic carbocycles. The van der Waals surface area contributed by atoms with E-state index in [1.807, 2.05) is 20.8 Å². The quantitative estimate of drug-likeness (QED) is 0.311. The molecule has 1 saturated heterocycles. The van der Waals surface area contributed by atoms with Crippen molar-refractivity contribution in [3.05, 3.63) is 40.2 Å². The lowest BCUT2D eigenvalue weighted by Gasteiger charge is -2.32. The number of likely N-dealkylation sites (tertiary alicyclic amines) is 1. The fourth-order valence-corrected chi connectivity index (χ4v) is 4.99. The van der Waals surface area contributed by atoms with Crippen LogP contribution in [-0.2, 0) is 0 Å². The van der Waals surface area contributed by atoms with Crippen molar-refractivity contribution in [2.45, 2.75) is 52.2 Å². The molecule has 3 N–H and O–H groups in total. The highest BCUT2D eigenvalue weighted by Gasteiger charge is 2.25.